The summed E-state index contributed by atoms with van der Waals surface area (Å²) in [5.41, 5.74) is 5.72. The molecular formula is C12H24N2O. The third kappa shape index (κ3) is 2.35. The zero-order valence-electron chi connectivity index (χ0n) is 9.57. The third-order valence-corrected chi connectivity index (χ3v) is 4.24. The summed E-state index contributed by atoms with van der Waals surface area (Å²) in [5, 5.41) is 9.33. The maximum atomic E-state index is 9.33. The van der Waals surface area contributed by atoms with Gasteiger partial charge in [0.25, 0.3) is 0 Å². The lowest BCUT2D eigenvalue weighted by atomic mass is 9.95. The van der Waals surface area contributed by atoms with Crippen LogP contribution in [0.15, 0.2) is 0 Å². The Bertz CT molecular complexity index is 180. The average Bonchev–Trinajstić information content (AvgIpc) is 2.88. The van der Waals surface area contributed by atoms with Gasteiger partial charge in [0.05, 0.1) is 6.61 Å². The molecule has 0 bridgehead atoms. The van der Waals surface area contributed by atoms with E-state index in [4.69, 9.17) is 5.73 Å². The quantitative estimate of drug-likeness (QED) is 0.730. The van der Waals surface area contributed by atoms with Crippen LogP contribution in [-0.2, 0) is 0 Å². The molecule has 0 aromatic rings. The first kappa shape index (κ1) is 11.4. The summed E-state index contributed by atoms with van der Waals surface area (Å²) in [6, 6.07) is 0.922. The average molecular weight is 212 g/mol. The second kappa shape index (κ2) is 5.28. The van der Waals surface area contributed by atoms with Crippen LogP contribution in [0.1, 0.15) is 38.5 Å². The molecule has 1 aliphatic carbocycles. The van der Waals surface area contributed by atoms with Crippen LogP contribution in [-0.4, -0.2) is 41.8 Å². The monoisotopic (exact) mass is 212 g/mol. The maximum absolute atomic E-state index is 9.33. The van der Waals surface area contributed by atoms with E-state index in [1.54, 1.807) is 0 Å². The van der Waals surface area contributed by atoms with Gasteiger partial charge in [0, 0.05) is 18.6 Å². The molecule has 3 N–H and O–H groups in total. The Labute approximate surface area is 92.6 Å². The molecular weight excluding hydrogens is 188 g/mol. The number of nitrogens with two attached hydrogens (primary N) is 1. The fourth-order valence-electron chi connectivity index (χ4n) is 3.43. The van der Waals surface area contributed by atoms with Crippen molar-refractivity contribution in [1.82, 2.24) is 4.90 Å². The van der Waals surface area contributed by atoms with Crippen molar-refractivity contribution in [3.63, 3.8) is 0 Å². The van der Waals surface area contributed by atoms with E-state index in [0.29, 0.717) is 12.6 Å². The van der Waals surface area contributed by atoms with E-state index in [2.05, 4.69) is 4.90 Å². The highest BCUT2D eigenvalue weighted by Gasteiger charge is 2.35. The molecule has 0 spiro atoms. The summed E-state index contributed by atoms with van der Waals surface area (Å²) in [5.74, 6) is 0.882. The molecule has 2 atom stereocenters. The fourth-order valence-corrected chi connectivity index (χ4v) is 3.43. The second-order valence-corrected chi connectivity index (χ2v) is 5.06. The Hall–Kier alpha value is -0.120. The van der Waals surface area contributed by atoms with Gasteiger partial charge in [0.2, 0.25) is 0 Å². The van der Waals surface area contributed by atoms with E-state index in [1.807, 2.05) is 0 Å². The lowest BCUT2D eigenvalue weighted by molar-refractivity contribution is 0.0911. The minimum Gasteiger partial charge on any atom is -0.395 e. The molecule has 1 aliphatic heterocycles. The minimum absolute atomic E-state index is 0.207. The molecule has 88 valence electrons. The number of hydrogen-bond donors (Lipinski definition) is 2. The minimum atomic E-state index is 0.207. The van der Waals surface area contributed by atoms with Crippen LogP contribution < -0.4 is 5.73 Å². The molecule has 0 amide bonds. The molecule has 1 heterocycles. The second-order valence-electron chi connectivity index (χ2n) is 5.06. The van der Waals surface area contributed by atoms with Crippen LogP contribution in [0.25, 0.3) is 0 Å². The first-order valence-electron chi connectivity index (χ1n) is 6.43. The van der Waals surface area contributed by atoms with Crippen molar-refractivity contribution >= 4 is 0 Å². The van der Waals surface area contributed by atoms with Crippen LogP contribution in [0.3, 0.4) is 0 Å². The Morgan fingerprint density at radius 1 is 1.20 bits per heavy atom. The Balaban J connectivity index is 1.97. The van der Waals surface area contributed by atoms with Crippen molar-refractivity contribution in [2.75, 3.05) is 19.7 Å². The van der Waals surface area contributed by atoms with Gasteiger partial charge in [0.1, 0.15) is 0 Å². The van der Waals surface area contributed by atoms with E-state index >= 15 is 0 Å². The fraction of sp³-hybridized carbons (Fsp3) is 1.00. The Morgan fingerprint density at radius 2 is 1.93 bits per heavy atom. The van der Waals surface area contributed by atoms with E-state index in [0.717, 1.165) is 12.5 Å². The zero-order valence-corrected chi connectivity index (χ0v) is 9.57. The topological polar surface area (TPSA) is 49.5 Å². The lowest BCUT2D eigenvalue weighted by Crippen LogP contribution is -2.47. The van der Waals surface area contributed by atoms with Gasteiger partial charge in [-0.1, -0.05) is 12.8 Å². The van der Waals surface area contributed by atoms with E-state index in [1.165, 1.54) is 38.5 Å². The third-order valence-electron chi connectivity index (χ3n) is 4.24. The molecule has 3 heteroatoms. The van der Waals surface area contributed by atoms with Crippen LogP contribution in [0, 0.1) is 5.92 Å². The summed E-state index contributed by atoms with van der Waals surface area (Å²) in [4.78, 5) is 2.48. The van der Waals surface area contributed by atoms with Gasteiger partial charge in [-0.2, -0.15) is 0 Å². The molecule has 1 saturated heterocycles. The van der Waals surface area contributed by atoms with Gasteiger partial charge in [0.15, 0.2) is 0 Å². The molecule has 0 radical (unpaired) electrons. The van der Waals surface area contributed by atoms with Crippen LogP contribution in [0.5, 0.6) is 0 Å². The predicted molar refractivity (Wildman–Crippen MR) is 61.6 cm³/mol. The largest absolute Gasteiger partial charge is 0.395 e. The number of aliphatic hydroxyl groups is 1. The number of aliphatic hydroxyl groups excluding tert-OH is 1. The van der Waals surface area contributed by atoms with Crippen LogP contribution >= 0.6 is 0 Å². The Morgan fingerprint density at radius 3 is 2.53 bits per heavy atom. The maximum Gasteiger partial charge on any atom is 0.0599 e. The highest BCUT2D eigenvalue weighted by atomic mass is 16.3. The normalized spacial score (nSPS) is 31.2. The van der Waals surface area contributed by atoms with Crippen molar-refractivity contribution in [1.29, 1.82) is 0 Å². The molecule has 2 rings (SSSR count). The number of likely N-dealkylation sites (tertiary alicyclic amines) is 1. The molecule has 3 nitrogen and oxygen atoms in total. The highest BCUT2D eigenvalue weighted by molar-refractivity contribution is 4.90. The van der Waals surface area contributed by atoms with Crippen molar-refractivity contribution in [2.45, 2.75) is 50.6 Å². The smallest absolute Gasteiger partial charge is 0.0599 e. The highest BCUT2D eigenvalue weighted by Crippen LogP contribution is 2.36. The summed E-state index contributed by atoms with van der Waals surface area (Å²) < 4.78 is 0. The van der Waals surface area contributed by atoms with Crippen molar-refractivity contribution in [2.24, 2.45) is 11.7 Å². The molecule has 1 saturated carbocycles. The molecule has 0 aromatic heterocycles. The van der Waals surface area contributed by atoms with Gasteiger partial charge in [-0.05, 0) is 38.1 Å². The summed E-state index contributed by atoms with van der Waals surface area (Å²) in [7, 11) is 0. The van der Waals surface area contributed by atoms with E-state index < -0.39 is 0 Å². The standard InChI is InChI=1S/C12H24N2O/c13-8-11(9-15)14-7-3-6-12(14)10-4-1-2-5-10/h10-12,15H,1-9,13H2. The van der Waals surface area contributed by atoms with Gasteiger partial charge in [-0.15, -0.1) is 0 Å². The first-order chi connectivity index (χ1) is 7.36. The van der Waals surface area contributed by atoms with Crippen molar-refractivity contribution in [3.05, 3.63) is 0 Å². The number of rotatable bonds is 4. The molecule has 2 fully saturated rings. The number of nitrogens with zero attached hydrogens (tertiary/aromatic N) is 1. The van der Waals surface area contributed by atoms with E-state index in [9.17, 15) is 5.11 Å². The summed E-state index contributed by atoms with van der Waals surface area (Å²) >= 11 is 0. The van der Waals surface area contributed by atoms with Gasteiger partial charge < -0.3 is 10.8 Å². The van der Waals surface area contributed by atoms with Gasteiger partial charge >= 0.3 is 0 Å². The summed E-state index contributed by atoms with van der Waals surface area (Å²) in [6.07, 6.45) is 8.20. The van der Waals surface area contributed by atoms with Crippen LogP contribution in [0.2, 0.25) is 0 Å². The number of hydrogen-bond acceptors (Lipinski definition) is 3. The van der Waals surface area contributed by atoms with Gasteiger partial charge in [-0.3, -0.25) is 4.90 Å². The molecule has 2 aliphatic rings. The van der Waals surface area contributed by atoms with Gasteiger partial charge in [-0.25, -0.2) is 0 Å². The molecule has 2 unspecified atom stereocenters. The first-order valence-corrected chi connectivity index (χ1v) is 6.43. The SMILES string of the molecule is NCC(CO)N1CCCC1C1CCCC1. The predicted octanol–water partition coefficient (Wildman–Crippen LogP) is 0.961. The summed E-state index contributed by atoms with van der Waals surface area (Å²) in [6.45, 7) is 1.96. The zero-order chi connectivity index (χ0) is 10.7. The van der Waals surface area contributed by atoms with Crippen molar-refractivity contribution < 1.29 is 5.11 Å². The van der Waals surface area contributed by atoms with E-state index in [-0.39, 0.29) is 12.6 Å². The molecule has 0 aromatic carbocycles. The lowest BCUT2D eigenvalue weighted by Gasteiger charge is -2.34. The molecule has 15 heavy (non-hydrogen) atoms. The van der Waals surface area contributed by atoms with Crippen molar-refractivity contribution in [3.8, 4) is 0 Å². The Kier molecular flexibility index (Phi) is 4.00. The van der Waals surface area contributed by atoms with Crippen LogP contribution in [0.4, 0.5) is 0 Å².